The van der Waals surface area contributed by atoms with Gasteiger partial charge in [-0.3, -0.25) is 10.1 Å². The van der Waals surface area contributed by atoms with E-state index in [4.69, 9.17) is 5.84 Å². The summed E-state index contributed by atoms with van der Waals surface area (Å²) in [7, 11) is 0. The fourth-order valence-electron chi connectivity index (χ4n) is 1.49. The fraction of sp³-hybridized carbons (Fsp3) is 0.273. The quantitative estimate of drug-likeness (QED) is 0.575. The number of hydrazine groups is 1. The Labute approximate surface area is 114 Å². The summed E-state index contributed by atoms with van der Waals surface area (Å²) in [4.78, 5) is 16.3. The summed E-state index contributed by atoms with van der Waals surface area (Å²) >= 11 is 1.32. The van der Waals surface area contributed by atoms with Gasteiger partial charge in [-0.15, -0.1) is 10.2 Å². The standard InChI is InChI=1S/C11H14N6OS/c1-3-8-4-7(5-9(13-8)15-12)10(18)14-11-17-16-6(2)19-11/h4-5H,3,12H2,1-2H3,(H,13,15)(H,14,17,18). The van der Waals surface area contributed by atoms with E-state index in [2.05, 4.69) is 25.9 Å². The third kappa shape index (κ3) is 3.24. The number of hydrogen-bond donors (Lipinski definition) is 3. The zero-order valence-electron chi connectivity index (χ0n) is 10.6. The van der Waals surface area contributed by atoms with Gasteiger partial charge in [-0.2, -0.15) is 0 Å². The van der Waals surface area contributed by atoms with Crippen LogP contribution in [-0.2, 0) is 6.42 Å². The van der Waals surface area contributed by atoms with E-state index in [9.17, 15) is 4.79 Å². The second kappa shape index (κ2) is 5.72. The Hall–Kier alpha value is -2.06. The number of nitrogen functional groups attached to an aromatic ring is 1. The lowest BCUT2D eigenvalue weighted by atomic mass is 10.2. The smallest absolute Gasteiger partial charge is 0.257 e. The first-order valence-electron chi connectivity index (χ1n) is 5.71. The predicted molar refractivity (Wildman–Crippen MR) is 74.0 cm³/mol. The second-order valence-corrected chi connectivity index (χ2v) is 4.99. The normalized spacial score (nSPS) is 10.3. The lowest BCUT2D eigenvalue weighted by molar-refractivity contribution is 0.102. The predicted octanol–water partition coefficient (Wildman–Crippen LogP) is 1.34. The van der Waals surface area contributed by atoms with E-state index in [0.29, 0.717) is 22.9 Å². The van der Waals surface area contributed by atoms with Gasteiger partial charge in [-0.1, -0.05) is 18.3 Å². The van der Waals surface area contributed by atoms with Gasteiger partial charge in [0.05, 0.1) is 0 Å². The van der Waals surface area contributed by atoms with Gasteiger partial charge < -0.3 is 5.43 Å². The van der Waals surface area contributed by atoms with Crippen LogP contribution in [0.25, 0.3) is 0 Å². The molecule has 0 aliphatic carbocycles. The molecule has 0 saturated heterocycles. The minimum atomic E-state index is -0.259. The summed E-state index contributed by atoms with van der Waals surface area (Å²) < 4.78 is 0. The van der Waals surface area contributed by atoms with Crippen LogP contribution < -0.4 is 16.6 Å². The van der Waals surface area contributed by atoms with Gasteiger partial charge in [0.1, 0.15) is 10.8 Å². The summed E-state index contributed by atoms with van der Waals surface area (Å²) in [6.45, 7) is 3.78. The topological polar surface area (TPSA) is 106 Å². The Morgan fingerprint density at radius 1 is 1.42 bits per heavy atom. The van der Waals surface area contributed by atoms with E-state index in [-0.39, 0.29) is 5.91 Å². The molecule has 100 valence electrons. The summed E-state index contributed by atoms with van der Waals surface area (Å²) in [5.41, 5.74) is 3.71. The minimum absolute atomic E-state index is 0.259. The highest BCUT2D eigenvalue weighted by molar-refractivity contribution is 7.15. The highest BCUT2D eigenvalue weighted by Crippen LogP contribution is 2.16. The van der Waals surface area contributed by atoms with Crippen molar-refractivity contribution in [2.24, 2.45) is 5.84 Å². The van der Waals surface area contributed by atoms with Crippen LogP contribution in [0.4, 0.5) is 10.9 Å². The SMILES string of the molecule is CCc1cc(C(=O)Nc2nnc(C)s2)cc(NN)n1. The molecule has 0 aromatic carbocycles. The molecule has 8 heteroatoms. The molecular formula is C11H14N6OS. The summed E-state index contributed by atoms with van der Waals surface area (Å²) in [6.07, 6.45) is 0.716. The van der Waals surface area contributed by atoms with Crippen LogP contribution in [0, 0.1) is 6.92 Å². The van der Waals surface area contributed by atoms with Gasteiger partial charge in [-0.25, -0.2) is 10.8 Å². The second-order valence-electron chi connectivity index (χ2n) is 3.81. The van der Waals surface area contributed by atoms with Crippen molar-refractivity contribution in [3.05, 3.63) is 28.4 Å². The molecule has 2 aromatic rings. The number of amides is 1. The Bertz CT molecular complexity index is 574. The van der Waals surface area contributed by atoms with E-state index in [1.165, 1.54) is 11.3 Å². The van der Waals surface area contributed by atoms with Gasteiger partial charge in [0, 0.05) is 11.3 Å². The van der Waals surface area contributed by atoms with Crippen LogP contribution in [0.2, 0.25) is 0 Å². The monoisotopic (exact) mass is 278 g/mol. The number of nitrogens with two attached hydrogens (primary N) is 1. The molecule has 2 heterocycles. The molecule has 7 nitrogen and oxygen atoms in total. The lowest BCUT2D eigenvalue weighted by Crippen LogP contribution is -2.15. The minimum Gasteiger partial charge on any atom is -0.308 e. The first-order valence-corrected chi connectivity index (χ1v) is 6.53. The number of aryl methyl sites for hydroxylation is 2. The summed E-state index contributed by atoms with van der Waals surface area (Å²) in [5.74, 6) is 5.53. The van der Waals surface area contributed by atoms with Crippen LogP contribution in [0.1, 0.15) is 28.0 Å². The van der Waals surface area contributed by atoms with Crippen molar-refractivity contribution in [1.82, 2.24) is 15.2 Å². The third-order valence-corrected chi connectivity index (χ3v) is 3.15. The van der Waals surface area contributed by atoms with E-state index in [1.807, 2.05) is 13.8 Å². The molecule has 0 atom stereocenters. The van der Waals surface area contributed by atoms with E-state index in [1.54, 1.807) is 12.1 Å². The molecule has 0 spiro atoms. The van der Waals surface area contributed by atoms with Crippen molar-refractivity contribution in [2.45, 2.75) is 20.3 Å². The third-order valence-electron chi connectivity index (χ3n) is 2.40. The van der Waals surface area contributed by atoms with Gasteiger partial charge in [0.2, 0.25) is 5.13 Å². The molecule has 0 unspecified atom stereocenters. The Morgan fingerprint density at radius 2 is 2.21 bits per heavy atom. The van der Waals surface area contributed by atoms with Crippen LogP contribution >= 0.6 is 11.3 Å². The van der Waals surface area contributed by atoms with Crippen molar-refractivity contribution < 1.29 is 4.79 Å². The Balaban J connectivity index is 2.22. The molecule has 0 saturated carbocycles. The maximum absolute atomic E-state index is 12.1. The molecule has 0 bridgehead atoms. The highest BCUT2D eigenvalue weighted by Gasteiger charge is 2.11. The lowest BCUT2D eigenvalue weighted by Gasteiger charge is -2.06. The number of carbonyl (C=O) groups excluding carboxylic acids is 1. The summed E-state index contributed by atoms with van der Waals surface area (Å²) in [5, 5.41) is 11.6. The van der Waals surface area contributed by atoms with Crippen molar-refractivity contribution in [2.75, 3.05) is 10.7 Å². The maximum atomic E-state index is 12.1. The maximum Gasteiger partial charge on any atom is 0.257 e. The number of nitrogens with one attached hydrogen (secondary N) is 2. The summed E-state index contributed by atoms with van der Waals surface area (Å²) in [6, 6.07) is 3.31. The van der Waals surface area contributed by atoms with Crippen molar-refractivity contribution >= 4 is 28.2 Å². The number of carbonyl (C=O) groups is 1. The zero-order valence-corrected chi connectivity index (χ0v) is 11.4. The molecule has 0 fully saturated rings. The number of pyridine rings is 1. The van der Waals surface area contributed by atoms with Crippen molar-refractivity contribution in [3.63, 3.8) is 0 Å². The molecule has 19 heavy (non-hydrogen) atoms. The van der Waals surface area contributed by atoms with E-state index >= 15 is 0 Å². The van der Waals surface area contributed by atoms with Gasteiger partial charge in [0.15, 0.2) is 0 Å². The number of hydrogen-bond acceptors (Lipinski definition) is 7. The van der Waals surface area contributed by atoms with Gasteiger partial charge in [0.25, 0.3) is 5.91 Å². The number of anilines is 2. The van der Waals surface area contributed by atoms with Gasteiger partial charge in [-0.05, 0) is 25.5 Å². The average Bonchev–Trinajstić information content (AvgIpc) is 2.83. The largest absolute Gasteiger partial charge is 0.308 e. The van der Waals surface area contributed by atoms with Crippen molar-refractivity contribution in [3.8, 4) is 0 Å². The van der Waals surface area contributed by atoms with E-state index < -0.39 is 0 Å². The average molecular weight is 278 g/mol. The molecule has 2 rings (SSSR count). The number of nitrogens with zero attached hydrogens (tertiary/aromatic N) is 3. The van der Waals surface area contributed by atoms with Crippen molar-refractivity contribution in [1.29, 1.82) is 0 Å². The van der Waals surface area contributed by atoms with Crippen LogP contribution in [0.15, 0.2) is 12.1 Å². The first-order chi connectivity index (χ1) is 9.12. The van der Waals surface area contributed by atoms with Crippen LogP contribution in [0.3, 0.4) is 0 Å². The fourth-order valence-corrected chi connectivity index (χ4v) is 2.08. The molecule has 4 N–H and O–H groups in total. The molecule has 0 radical (unpaired) electrons. The zero-order chi connectivity index (χ0) is 13.8. The Kier molecular flexibility index (Phi) is 4.03. The molecule has 0 aliphatic heterocycles. The highest BCUT2D eigenvalue weighted by atomic mass is 32.1. The molecular weight excluding hydrogens is 264 g/mol. The van der Waals surface area contributed by atoms with Crippen LogP contribution in [0.5, 0.6) is 0 Å². The first kappa shape index (κ1) is 13.4. The van der Waals surface area contributed by atoms with Crippen LogP contribution in [-0.4, -0.2) is 21.1 Å². The number of rotatable bonds is 4. The number of aromatic nitrogens is 3. The van der Waals surface area contributed by atoms with E-state index in [0.717, 1.165) is 10.7 Å². The Morgan fingerprint density at radius 3 is 2.79 bits per heavy atom. The molecule has 0 aliphatic rings. The molecule has 2 aromatic heterocycles. The van der Waals surface area contributed by atoms with Gasteiger partial charge >= 0.3 is 0 Å². The molecule has 1 amide bonds.